The van der Waals surface area contributed by atoms with E-state index in [0.717, 1.165) is 18.1 Å². The lowest BCUT2D eigenvalue weighted by atomic mass is 9.80. The molecule has 0 aliphatic heterocycles. The lowest BCUT2D eigenvalue weighted by Crippen LogP contribution is -2.25. The minimum atomic E-state index is -0.0278. The maximum absolute atomic E-state index is 9.88. The molecule has 0 heterocycles. The van der Waals surface area contributed by atoms with Gasteiger partial charge in [-0.1, -0.05) is 19.8 Å². The summed E-state index contributed by atoms with van der Waals surface area (Å²) in [6.07, 6.45) is 8.20. The summed E-state index contributed by atoms with van der Waals surface area (Å²) >= 11 is 1.83. The van der Waals surface area contributed by atoms with Crippen LogP contribution in [-0.2, 0) is 0 Å². The number of thioether (sulfide) groups is 1. The zero-order valence-electron chi connectivity index (χ0n) is 8.83. The van der Waals surface area contributed by atoms with E-state index in [9.17, 15) is 5.11 Å². The van der Waals surface area contributed by atoms with E-state index in [0.29, 0.717) is 5.92 Å². The highest BCUT2D eigenvalue weighted by atomic mass is 32.2. The van der Waals surface area contributed by atoms with Crippen LogP contribution >= 0.6 is 11.8 Å². The van der Waals surface area contributed by atoms with Gasteiger partial charge in [-0.3, -0.25) is 0 Å². The van der Waals surface area contributed by atoms with Crippen molar-refractivity contribution in [2.45, 2.75) is 45.1 Å². The monoisotopic (exact) mass is 202 g/mol. The van der Waals surface area contributed by atoms with Crippen LogP contribution in [0, 0.1) is 11.8 Å². The quantitative estimate of drug-likeness (QED) is 0.756. The molecule has 1 N–H and O–H groups in total. The number of aliphatic hydroxyl groups excluding tert-OH is 1. The van der Waals surface area contributed by atoms with E-state index in [4.69, 9.17) is 0 Å². The van der Waals surface area contributed by atoms with Crippen molar-refractivity contribution < 1.29 is 5.11 Å². The summed E-state index contributed by atoms with van der Waals surface area (Å²) in [5, 5.41) is 9.88. The predicted molar refractivity (Wildman–Crippen MR) is 60.1 cm³/mol. The van der Waals surface area contributed by atoms with E-state index in [1.807, 2.05) is 11.8 Å². The topological polar surface area (TPSA) is 20.2 Å². The minimum absolute atomic E-state index is 0.0278. The third kappa shape index (κ3) is 3.90. The van der Waals surface area contributed by atoms with Gasteiger partial charge >= 0.3 is 0 Å². The first-order valence-corrected chi connectivity index (χ1v) is 6.80. The van der Waals surface area contributed by atoms with Crippen LogP contribution < -0.4 is 0 Å². The summed E-state index contributed by atoms with van der Waals surface area (Å²) in [4.78, 5) is 0. The Hall–Kier alpha value is 0.310. The Morgan fingerprint density at radius 2 is 1.92 bits per heavy atom. The van der Waals surface area contributed by atoms with Gasteiger partial charge < -0.3 is 5.11 Å². The summed E-state index contributed by atoms with van der Waals surface area (Å²) in [5.41, 5.74) is 0. The third-order valence-electron chi connectivity index (χ3n) is 3.22. The Bertz CT molecular complexity index is 130. The molecular formula is C11H22OS. The molecule has 0 saturated heterocycles. The first-order valence-electron chi connectivity index (χ1n) is 5.41. The molecule has 0 aromatic rings. The molecule has 1 saturated carbocycles. The van der Waals surface area contributed by atoms with Gasteiger partial charge in [-0.25, -0.2) is 0 Å². The Kier molecular flexibility index (Phi) is 5.18. The van der Waals surface area contributed by atoms with Crippen molar-refractivity contribution in [2.75, 3.05) is 12.0 Å². The number of hydrogen-bond donors (Lipinski definition) is 1. The van der Waals surface area contributed by atoms with Crippen LogP contribution in [0.1, 0.15) is 39.0 Å². The molecule has 0 radical (unpaired) electrons. The minimum Gasteiger partial charge on any atom is -0.393 e. The smallest absolute Gasteiger partial charge is 0.0576 e. The van der Waals surface area contributed by atoms with Crippen LogP contribution in [0.4, 0.5) is 0 Å². The second-order valence-electron chi connectivity index (χ2n) is 4.37. The second kappa shape index (κ2) is 5.92. The Morgan fingerprint density at radius 3 is 2.46 bits per heavy atom. The summed E-state index contributed by atoms with van der Waals surface area (Å²) in [5.74, 6) is 2.60. The summed E-state index contributed by atoms with van der Waals surface area (Å²) < 4.78 is 0. The number of rotatable bonds is 4. The van der Waals surface area contributed by atoms with Crippen LogP contribution in [0.2, 0.25) is 0 Å². The molecule has 0 spiro atoms. The van der Waals surface area contributed by atoms with Crippen LogP contribution in [-0.4, -0.2) is 23.2 Å². The van der Waals surface area contributed by atoms with E-state index < -0.39 is 0 Å². The summed E-state index contributed by atoms with van der Waals surface area (Å²) in [7, 11) is 0. The maximum atomic E-state index is 9.88. The molecule has 13 heavy (non-hydrogen) atoms. The second-order valence-corrected chi connectivity index (χ2v) is 5.35. The van der Waals surface area contributed by atoms with Gasteiger partial charge in [-0.05, 0) is 43.1 Å². The van der Waals surface area contributed by atoms with Crippen LogP contribution in [0.25, 0.3) is 0 Å². The average molecular weight is 202 g/mol. The first kappa shape index (κ1) is 11.4. The fraction of sp³-hybridized carbons (Fsp3) is 1.00. The van der Waals surface area contributed by atoms with Gasteiger partial charge in [0, 0.05) is 0 Å². The van der Waals surface area contributed by atoms with Gasteiger partial charge in [0.1, 0.15) is 0 Å². The van der Waals surface area contributed by atoms with Gasteiger partial charge in [-0.2, -0.15) is 11.8 Å². The molecule has 2 heteroatoms. The van der Waals surface area contributed by atoms with Crippen molar-refractivity contribution in [3.05, 3.63) is 0 Å². The van der Waals surface area contributed by atoms with E-state index >= 15 is 0 Å². The highest BCUT2D eigenvalue weighted by Crippen LogP contribution is 2.31. The zero-order valence-corrected chi connectivity index (χ0v) is 9.65. The largest absolute Gasteiger partial charge is 0.393 e. The molecule has 1 nitrogen and oxygen atoms in total. The van der Waals surface area contributed by atoms with Gasteiger partial charge in [-0.15, -0.1) is 0 Å². The Balaban J connectivity index is 2.19. The van der Waals surface area contributed by atoms with Gasteiger partial charge in [0.15, 0.2) is 0 Å². The molecule has 1 unspecified atom stereocenters. The maximum Gasteiger partial charge on any atom is 0.0576 e. The zero-order chi connectivity index (χ0) is 9.68. The Morgan fingerprint density at radius 1 is 1.31 bits per heavy atom. The molecular weight excluding hydrogens is 180 g/mol. The highest BCUT2D eigenvalue weighted by Gasteiger charge is 2.23. The number of hydrogen-bond acceptors (Lipinski definition) is 2. The van der Waals surface area contributed by atoms with E-state index in [1.165, 1.54) is 25.7 Å². The SMILES string of the molecule is CSCCC(O)C1CCC(C)CC1. The van der Waals surface area contributed by atoms with Crippen molar-refractivity contribution in [2.24, 2.45) is 11.8 Å². The van der Waals surface area contributed by atoms with E-state index in [-0.39, 0.29) is 6.10 Å². The molecule has 0 aromatic heterocycles. The van der Waals surface area contributed by atoms with Gasteiger partial charge in [0.25, 0.3) is 0 Å². The van der Waals surface area contributed by atoms with Crippen molar-refractivity contribution in [3.8, 4) is 0 Å². The highest BCUT2D eigenvalue weighted by molar-refractivity contribution is 7.98. The molecule has 1 aliphatic rings. The van der Waals surface area contributed by atoms with E-state index in [1.54, 1.807) is 0 Å². The molecule has 0 bridgehead atoms. The first-order chi connectivity index (χ1) is 6.24. The molecule has 1 rings (SSSR count). The van der Waals surface area contributed by atoms with Crippen molar-refractivity contribution in [3.63, 3.8) is 0 Å². The molecule has 0 amide bonds. The van der Waals surface area contributed by atoms with Gasteiger partial charge in [0.05, 0.1) is 6.10 Å². The van der Waals surface area contributed by atoms with E-state index in [2.05, 4.69) is 13.2 Å². The average Bonchev–Trinajstić information content (AvgIpc) is 2.15. The summed E-state index contributed by atoms with van der Waals surface area (Å²) in [6.45, 7) is 2.32. The molecule has 0 aromatic carbocycles. The number of aliphatic hydroxyl groups is 1. The van der Waals surface area contributed by atoms with Crippen molar-refractivity contribution >= 4 is 11.8 Å². The normalized spacial score (nSPS) is 31.6. The fourth-order valence-corrected chi connectivity index (χ4v) is 2.62. The Labute approximate surface area is 86.3 Å². The molecule has 1 fully saturated rings. The molecule has 1 aliphatic carbocycles. The molecule has 1 atom stereocenters. The van der Waals surface area contributed by atoms with Crippen LogP contribution in [0.5, 0.6) is 0 Å². The fourth-order valence-electron chi connectivity index (χ4n) is 2.14. The van der Waals surface area contributed by atoms with Gasteiger partial charge in [0.2, 0.25) is 0 Å². The van der Waals surface area contributed by atoms with Crippen molar-refractivity contribution in [1.82, 2.24) is 0 Å². The lowest BCUT2D eigenvalue weighted by Gasteiger charge is -2.29. The van der Waals surface area contributed by atoms with Crippen LogP contribution in [0.15, 0.2) is 0 Å². The standard InChI is InChI=1S/C11H22OS/c1-9-3-5-10(6-4-9)11(12)7-8-13-2/h9-12H,3-8H2,1-2H3. The van der Waals surface area contributed by atoms with Crippen molar-refractivity contribution in [1.29, 1.82) is 0 Å². The summed E-state index contributed by atoms with van der Waals surface area (Å²) in [6, 6.07) is 0. The third-order valence-corrected chi connectivity index (χ3v) is 3.87. The van der Waals surface area contributed by atoms with Crippen LogP contribution in [0.3, 0.4) is 0 Å². The molecule has 78 valence electrons. The predicted octanol–water partition coefficient (Wildman–Crippen LogP) is 2.93. The lowest BCUT2D eigenvalue weighted by molar-refractivity contribution is 0.0737.